The van der Waals surface area contributed by atoms with Gasteiger partial charge in [0.15, 0.2) is 0 Å². The molecule has 0 radical (unpaired) electrons. The lowest BCUT2D eigenvalue weighted by Gasteiger charge is -2.35. The number of nitrogens with zero attached hydrogens (tertiary/aromatic N) is 4. The number of rotatable bonds is 8. The Morgan fingerprint density at radius 2 is 1.73 bits per heavy atom. The smallest absolute Gasteiger partial charge is 0.410 e. The van der Waals surface area contributed by atoms with Crippen LogP contribution < -0.4 is 0 Å². The van der Waals surface area contributed by atoms with Crippen molar-refractivity contribution < 1.29 is 22.1 Å². The molecule has 0 N–H and O–H groups in total. The minimum absolute atomic E-state index is 0.119. The molecule has 41 heavy (non-hydrogen) atoms. The third-order valence-corrected chi connectivity index (χ3v) is 8.89. The van der Waals surface area contributed by atoms with Gasteiger partial charge in [-0.05, 0) is 77.0 Å². The number of hydrogen-bond donors (Lipinski definition) is 0. The van der Waals surface area contributed by atoms with Crippen molar-refractivity contribution in [2.45, 2.75) is 76.7 Å². The van der Waals surface area contributed by atoms with Gasteiger partial charge < -0.3 is 9.64 Å². The third-order valence-electron chi connectivity index (χ3n) is 7.71. The number of amides is 1. The quantitative estimate of drug-likeness (QED) is 0.307. The first kappa shape index (κ1) is 29.3. The summed E-state index contributed by atoms with van der Waals surface area (Å²) in [4.78, 5) is 19.1. The molecule has 1 saturated carbocycles. The predicted octanol–water partition coefficient (Wildman–Crippen LogP) is 5.87. The van der Waals surface area contributed by atoms with Crippen LogP contribution in [0.25, 0.3) is 11.3 Å². The van der Waals surface area contributed by atoms with Gasteiger partial charge in [0, 0.05) is 36.5 Å². The Kier molecular flexibility index (Phi) is 8.52. The van der Waals surface area contributed by atoms with Crippen LogP contribution in [0.1, 0.15) is 75.4 Å². The van der Waals surface area contributed by atoms with Crippen molar-refractivity contribution in [2.24, 2.45) is 5.92 Å². The molecule has 9 nitrogen and oxygen atoms in total. The van der Waals surface area contributed by atoms with Crippen molar-refractivity contribution >= 4 is 16.2 Å². The van der Waals surface area contributed by atoms with Gasteiger partial charge in [-0.15, -0.1) is 0 Å². The molecular weight excluding hydrogens is 540 g/mol. The molecule has 2 fully saturated rings. The van der Waals surface area contributed by atoms with Crippen LogP contribution in [0.4, 0.5) is 4.79 Å². The third kappa shape index (κ3) is 7.54. The summed E-state index contributed by atoms with van der Waals surface area (Å²) in [5.41, 5.74) is 4.07. The van der Waals surface area contributed by atoms with Crippen LogP contribution in [-0.2, 0) is 24.8 Å². The van der Waals surface area contributed by atoms with Crippen molar-refractivity contribution in [3.63, 3.8) is 0 Å². The van der Waals surface area contributed by atoms with Gasteiger partial charge in [-0.3, -0.25) is 13.8 Å². The Morgan fingerprint density at radius 1 is 1.02 bits per heavy atom. The molecule has 2 aliphatic rings. The van der Waals surface area contributed by atoms with E-state index < -0.39 is 15.7 Å². The van der Waals surface area contributed by atoms with Crippen LogP contribution in [0, 0.1) is 12.8 Å². The second-order valence-electron chi connectivity index (χ2n) is 12.3. The van der Waals surface area contributed by atoms with E-state index in [0.717, 1.165) is 53.9 Å². The average Bonchev–Trinajstić information content (AvgIpc) is 3.32. The lowest BCUT2D eigenvalue weighted by Crippen LogP contribution is -2.41. The highest BCUT2D eigenvalue weighted by Gasteiger charge is 2.35. The molecule has 0 spiro atoms. The Morgan fingerprint density at radius 3 is 2.39 bits per heavy atom. The predicted molar refractivity (Wildman–Crippen MR) is 157 cm³/mol. The monoisotopic (exact) mass is 580 g/mol. The summed E-state index contributed by atoms with van der Waals surface area (Å²) in [6, 6.07) is 15.3. The summed E-state index contributed by atoms with van der Waals surface area (Å²) in [6.07, 6.45) is 5.03. The Balaban J connectivity index is 1.24. The van der Waals surface area contributed by atoms with E-state index in [9.17, 15) is 13.2 Å². The van der Waals surface area contributed by atoms with Gasteiger partial charge in [0.1, 0.15) is 11.4 Å². The largest absolute Gasteiger partial charge is 0.444 e. The number of likely N-dealkylation sites (tertiary alicyclic amines) is 1. The number of benzene rings is 1. The maximum atomic E-state index is 12.6. The van der Waals surface area contributed by atoms with Crippen LogP contribution in [0.2, 0.25) is 0 Å². The highest BCUT2D eigenvalue weighted by Crippen LogP contribution is 2.41. The minimum Gasteiger partial charge on any atom is -0.444 e. The van der Waals surface area contributed by atoms with Crippen molar-refractivity contribution in [3.8, 4) is 11.3 Å². The van der Waals surface area contributed by atoms with Gasteiger partial charge in [0.25, 0.3) is 10.1 Å². The molecule has 220 valence electrons. The molecule has 0 atom stereocenters. The van der Waals surface area contributed by atoms with Crippen LogP contribution in [0.3, 0.4) is 0 Å². The molecule has 10 heteroatoms. The van der Waals surface area contributed by atoms with Crippen molar-refractivity contribution in [1.82, 2.24) is 19.7 Å². The standard InChI is InChI=1S/C31H40N4O5S/c1-22-9-8-12-28(32-22)27-19-35(33-29(27)25-13-15-34(16-14-25)30(36)40-31(2,3)4)26-17-24(18-26)20-39-41(37,38)21-23-10-6-5-7-11-23/h5-12,19,24-26H,13-18,20-21H2,1-4H3. The van der Waals surface area contributed by atoms with Crippen molar-refractivity contribution in [3.05, 3.63) is 71.7 Å². The molecule has 1 amide bonds. The molecule has 0 unspecified atom stereocenters. The van der Waals surface area contributed by atoms with Crippen LogP contribution in [-0.4, -0.2) is 59.5 Å². The molecule has 0 bridgehead atoms. The Bertz CT molecular complexity index is 1450. The Hall–Kier alpha value is -3.24. The van der Waals surface area contributed by atoms with E-state index in [1.807, 2.05) is 68.8 Å². The number of aromatic nitrogens is 3. The lowest BCUT2D eigenvalue weighted by molar-refractivity contribution is 0.0203. The summed E-state index contributed by atoms with van der Waals surface area (Å²) in [7, 11) is -3.63. The summed E-state index contributed by atoms with van der Waals surface area (Å²) in [5.74, 6) is 0.247. The van der Waals surface area contributed by atoms with Crippen LogP contribution >= 0.6 is 0 Å². The summed E-state index contributed by atoms with van der Waals surface area (Å²) < 4.78 is 37.9. The van der Waals surface area contributed by atoms with E-state index in [1.54, 1.807) is 17.0 Å². The van der Waals surface area contributed by atoms with Crippen LogP contribution in [0.15, 0.2) is 54.7 Å². The van der Waals surface area contributed by atoms with E-state index in [-0.39, 0.29) is 36.3 Å². The first-order valence-corrected chi connectivity index (χ1v) is 16.0. The zero-order chi connectivity index (χ0) is 29.2. The number of piperidine rings is 1. The van der Waals surface area contributed by atoms with Crippen molar-refractivity contribution in [1.29, 1.82) is 0 Å². The summed E-state index contributed by atoms with van der Waals surface area (Å²) in [6.45, 7) is 9.05. The van der Waals surface area contributed by atoms with Crippen molar-refractivity contribution in [2.75, 3.05) is 19.7 Å². The number of ether oxygens (including phenoxy) is 1. The fourth-order valence-corrected chi connectivity index (χ4v) is 6.60. The van der Waals surface area contributed by atoms with Gasteiger partial charge in [-0.2, -0.15) is 13.5 Å². The number of carbonyl (C=O) groups excluding carboxylic acids is 1. The molecule has 1 aliphatic heterocycles. The number of hydrogen-bond acceptors (Lipinski definition) is 7. The van der Waals surface area contributed by atoms with E-state index in [1.165, 1.54) is 0 Å². The molecule has 5 rings (SSSR count). The SMILES string of the molecule is Cc1cccc(-c2cn(C3CC(COS(=O)(=O)Cc4ccccc4)C3)nc2C2CCN(C(=O)OC(C)(C)C)CC2)n1. The fraction of sp³-hybridized carbons (Fsp3) is 0.516. The molecule has 3 heterocycles. The fourth-order valence-electron chi connectivity index (χ4n) is 5.52. The van der Waals surface area contributed by atoms with Gasteiger partial charge in [0.2, 0.25) is 0 Å². The van der Waals surface area contributed by atoms with E-state index in [0.29, 0.717) is 13.1 Å². The van der Waals surface area contributed by atoms with Gasteiger partial charge in [0.05, 0.1) is 24.0 Å². The van der Waals surface area contributed by atoms with Gasteiger partial charge >= 0.3 is 6.09 Å². The molecule has 1 aromatic carbocycles. The zero-order valence-corrected chi connectivity index (χ0v) is 25.1. The maximum absolute atomic E-state index is 12.6. The highest BCUT2D eigenvalue weighted by atomic mass is 32.2. The highest BCUT2D eigenvalue weighted by molar-refractivity contribution is 7.85. The number of carbonyl (C=O) groups is 1. The second kappa shape index (κ2) is 11.9. The van der Waals surface area contributed by atoms with Gasteiger partial charge in [-0.1, -0.05) is 36.4 Å². The second-order valence-corrected chi connectivity index (χ2v) is 13.9. The molecule has 2 aromatic heterocycles. The van der Waals surface area contributed by atoms with E-state index >= 15 is 0 Å². The minimum atomic E-state index is -3.63. The topological polar surface area (TPSA) is 104 Å². The maximum Gasteiger partial charge on any atom is 0.410 e. The zero-order valence-electron chi connectivity index (χ0n) is 24.3. The number of aryl methyl sites for hydroxylation is 1. The molecule has 3 aromatic rings. The first-order valence-electron chi connectivity index (χ1n) is 14.4. The van der Waals surface area contributed by atoms with E-state index in [2.05, 4.69) is 6.20 Å². The first-order chi connectivity index (χ1) is 19.5. The average molecular weight is 581 g/mol. The normalized spacial score (nSPS) is 20.0. The lowest BCUT2D eigenvalue weighted by atomic mass is 9.81. The Labute approximate surface area is 243 Å². The summed E-state index contributed by atoms with van der Waals surface area (Å²) in [5, 5.41) is 5.07. The summed E-state index contributed by atoms with van der Waals surface area (Å²) >= 11 is 0. The van der Waals surface area contributed by atoms with E-state index in [4.69, 9.17) is 19.0 Å². The molecule has 1 saturated heterocycles. The van der Waals surface area contributed by atoms with Gasteiger partial charge in [-0.25, -0.2) is 4.79 Å². The molecular formula is C31H40N4O5S. The van der Waals surface area contributed by atoms with Crippen LogP contribution in [0.5, 0.6) is 0 Å². The molecule has 1 aliphatic carbocycles. The number of pyridine rings is 1.